The lowest BCUT2D eigenvalue weighted by molar-refractivity contribution is 0.102. The largest absolute Gasteiger partial charge is 0.494 e. The van der Waals surface area contributed by atoms with Crippen LogP contribution < -0.4 is 15.7 Å². The zero-order valence-electron chi connectivity index (χ0n) is 13.9. The average Bonchev–Trinajstić information content (AvgIpc) is 2.97. The quantitative estimate of drug-likeness (QED) is 0.720. The fourth-order valence-corrected chi connectivity index (χ4v) is 3.05. The number of nitrogens with zero attached hydrogens (tertiary/aromatic N) is 2. The monoisotopic (exact) mass is 373 g/mol. The van der Waals surface area contributed by atoms with Crippen molar-refractivity contribution in [3.05, 3.63) is 76.0 Å². The van der Waals surface area contributed by atoms with Crippen molar-refractivity contribution >= 4 is 22.6 Å². The molecule has 0 aliphatic rings. The molecule has 8 heteroatoms. The van der Waals surface area contributed by atoms with E-state index in [-0.39, 0.29) is 23.4 Å². The van der Waals surface area contributed by atoms with Crippen LogP contribution in [-0.2, 0) is 6.54 Å². The lowest BCUT2D eigenvalue weighted by Crippen LogP contribution is -2.16. The molecule has 0 fully saturated rings. The lowest BCUT2D eigenvalue weighted by Gasteiger charge is -2.04. The van der Waals surface area contributed by atoms with E-state index < -0.39 is 5.69 Å². The molecule has 0 radical (unpaired) electrons. The minimum atomic E-state index is -0.471. The topological polar surface area (TPSA) is 73.2 Å². The first kappa shape index (κ1) is 17.8. The van der Waals surface area contributed by atoms with E-state index in [1.165, 1.54) is 16.1 Å². The van der Waals surface area contributed by atoms with Crippen molar-refractivity contribution in [2.45, 2.75) is 13.5 Å². The molecule has 3 rings (SSSR count). The molecule has 0 saturated carbocycles. The maximum atomic E-state index is 12.9. The number of halogens is 1. The number of amides is 1. The van der Waals surface area contributed by atoms with Gasteiger partial charge in [0.15, 0.2) is 0 Å². The highest BCUT2D eigenvalue weighted by Crippen LogP contribution is 2.16. The minimum Gasteiger partial charge on any atom is -0.494 e. The highest BCUT2D eigenvalue weighted by molar-refractivity contribution is 7.10. The number of ether oxygens (including phenoxy) is 1. The van der Waals surface area contributed by atoms with E-state index in [0.717, 1.165) is 17.1 Å². The van der Waals surface area contributed by atoms with Crippen molar-refractivity contribution in [3.63, 3.8) is 0 Å². The molecule has 134 valence electrons. The molecule has 0 unspecified atom stereocenters. The van der Waals surface area contributed by atoms with Gasteiger partial charge < -0.3 is 4.74 Å². The van der Waals surface area contributed by atoms with Crippen LogP contribution in [-0.4, -0.2) is 21.5 Å². The molecule has 1 amide bonds. The predicted molar refractivity (Wildman–Crippen MR) is 97.4 cm³/mol. The van der Waals surface area contributed by atoms with Crippen molar-refractivity contribution < 1.29 is 13.9 Å². The zero-order chi connectivity index (χ0) is 18.5. The number of benzene rings is 2. The van der Waals surface area contributed by atoms with Gasteiger partial charge in [-0.15, -0.1) is 0 Å². The smallest absolute Gasteiger partial charge is 0.360 e. The molecule has 0 bridgehead atoms. The zero-order valence-corrected chi connectivity index (χ0v) is 14.8. The number of hydrogen-bond donors (Lipinski definition) is 1. The second-order valence-electron chi connectivity index (χ2n) is 5.37. The molecular formula is C18H16FN3O3S. The first-order chi connectivity index (χ1) is 12.5. The Kier molecular flexibility index (Phi) is 5.43. The number of aromatic nitrogens is 2. The van der Waals surface area contributed by atoms with Gasteiger partial charge in [0.1, 0.15) is 11.6 Å². The maximum absolute atomic E-state index is 12.9. The second kappa shape index (κ2) is 7.92. The third kappa shape index (κ3) is 4.34. The van der Waals surface area contributed by atoms with Crippen LogP contribution >= 0.6 is 11.5 Å². The van der Waals surface area contributed by atoms with E-state index in [1.807, 2.05) is 6.92 Å². The van der Waals surface area contributed by atoms with Crippen LogP contribution in [0.15, 0.2) is 53.3 Å². The molecule has 1 heterocycles. The first-order valence-corrected chi connectivity index (χ1v) is 8.69. The number of rotatable bonds is 6. The minimum absolute atomic E-state index is 0.205. The Morgan fingerprint density at radius 3 is 2.54 bits per heavy atom. The lowest BCUT2D eigenvalue weighted by atomic mass is 10.2. The highest BCUT2D eigenvalue weighted by atomic mass is 32.1. The molecule has 2 aromatic carbocycles. The molecule has 26 heavy (non-hydrogen) atoms. The Morgan fingerprint density at radius 1 is 1.19 bits per heavy atom. The summed E-state index contributed by atoms with van der Waals surface area (Å²) in [6.07, 6.45) is 0. The average molecular weight is 373 g/mol. The number of anilines is 1. The molecule has 0 saturated heterocycles. The molecular weight excluding hydrogens is 357 g/mol. The van der Waals surface area contributed by atoms with Crippen LogP contribution in [0.3, 0.4) is 0 Å². The van der Waals surface area contributed by atoms with Crippen LogP contribution in [0.2, 0.25) is 0 Å². The van der Waals surface area contributed by atoms with Gasteiger partial charge >= 0.3 is 5.69 Å². The summed E-state index contributed by atoms with van der Waals surface area (Å²) in [6, 6.07) is 12.5. The Bertz CT molecular complexity index is 949. The summed E-state index contributed by atoms with van der Waals surface area (Å²) in [5.41, 5.74) is 0.726. The predicted octanol–water partition coefficient (Wildman–Crippen LogP) is 3.14. The standard InChI is InChI=1S/C18H16FN3O3S/c1-2-25-15-9-5-13(6-10-15)16(23)20-17-21-18(24)22(26-17)11-12-3-7-14(19)8-4-12/h3-10H,2,11H2,1H3,(H,20,21,23,24). The normalized spacial score (nSPS) is 10.5. The number of carbonyl (C=O) groups is 1. The van der Waals surface area contributed by atoms with E-state index in [0.29, 0.717) is 17.9 Å². The van der Waals surface area contributed by atoms with Gasteiger partial charge in [-0.3, -0.25) is 10.1 Å². The van der Waals surface area contributed by atoms with Gasteiger partial charge in [-0.25, -0.2) is 13.1 Å². The summed E-state index contributed by atoms with van der Waals surface area (Å²) in [5, 5.41) is 2.82. The molecule has 6 nitrogen and oxygen atoms in total. The summed E-state index contributed by atoms with van der Waals surface area (Å²) in [7, 11) is 0. The van der Waals surface area contributed by atoms with Crippen molar-refractivity contribution in [1.82, 2.24) is 8.94 Å². The highest BCUT2D eigenvalue weighted by Gasteiger charge is 2.12. The Hall–Kier alpha value is -3.00. The van der Waals surface area contributed by atoms with Gasteiger partial charge in [0.25, 0.3) is 5.91 Å². The Labute approximate surface area is 153 Å². The molecule has 1 N–H and O–H groups in total. The third-order valence-electron chi connectivity index (χ3n) is 3.49. The Morgan fingerprint density at radius 2 is 1.88 bits per heavy atom. The molecule has 1 aromatic heterocycles. The number of nitrogens with one attached hydrogen (secondary N) is 1. The second-order valence-corrected chi connectivity index (χ2v) is 6.38. The van der Waals surface area contributed by atoms with Gasteiger partial charge in [0, 0.05) is 5.56 Å². The fraction of sp³-hybridized carbons (Fsp3) is 0.167. The van der Waals surface area contributed by atoms with Crippen molar-refractivity contribution in [3.8, 4) is 5.75 Å². The van der Waals surface area contributed by atoms with E-state index >= 15 is 0 Å². The van der Waals surface area contributed by atoms with Crippen LogP contribution in [0.4, 0.5) is 9.52 Å². The third-order valence-corrected chi connectivity index (χ3v) is 4.37. The molecule has 0 spiro atoms. The SMILES string of the molecule is CCOc1ccc(C(=O)Nc2nc(=O)n(Cc3ccc(F)cc3)s2)cc1. The van der Waals surface area contributed by atoms with E-state index in [9.17, 15) is 14.0 Å². The summed E-state index contributed by atoms with van der Waals surface area (Å²) in [4.78, 5) is 28.1. The van der Waals surface area contributed by atoms with Gasteiger partial charge in [-0.2, -0.15) is 4.98 Å². The van der Waals surface area contributed by atoms with Gasteiger partial charge in [0.2, 0.25) is 5.13 Å². The van der Waals surface area contributed by atoms with E-state index in [2.05, 4.69) is 10.3 Å². The fourth-order valence-electron chi connectivity index (χ4n) is 2.25. The van der Waals surface area contributed by atoms with Gasteiger partial charge in [0.05, 0.1) is 13.2 Å². The summed E-state index contributed by atoms with van der Waals surface area (Å²) >= 11 is 1.04. The molecule has 0 aliphatic carbocycles. The summed E-state index contributed by atoms with van der Waals surface area (Å²) in [6.45, 7) is 2.69. The molecule has 0 atom stereocenters. The first-order valence-electron chi connectivity index (χ1n) is 7.92. The van der Waals surface area contributed by atoms with Crippen molar-refractivity contribution in [2.75, 3.05) is 11.9 Å². The Balaban J connectivity index is 1.69. The molecule has 0 aliphatic heterocycles. The van der Waals surface area contributed by atoms with Crippen LogP contribution in [0.5, 0.6) is 5.75 Å². The number of hydrogen-bond acceptors (Lipinski definition) is 5. The number of carbonyl (C=O) groups excluding carboxylic acids is 1. The van der Waals surface area contributed by atoms with Crippen LogP contribution in [0.1, 0.15) is 22.8 Å². The van der Waals surface area contributed by atoms with Crippen molar-refractivity contribution in [2.24, 2.45) is 0 Å². The van der Waals surface area contributed by atoms with E-state index in [4.69, 9.17) is 4.74 Å². The molecule has 3 aromatic rings. The van der Waals surface area contributed by atoms with Crippen molar-refractivity contribution in [1.29, 1.82) is 0 Å². The van der Waals surface area contributed by atoms with Gasteiger partial charge in [-0.05, 0) is 60.4 Å². The maximum Gasteiger partial charge on any atom is 0.360 e. The van der Waals surface area contributed by atoms with Gasteiger partial charge in [-0.1, -0.05) is 12.1 Å². The summed E-state index contributed by atoms with van der Waals surface area (Å²) in [5.74, 6) is -0.0262. The van der Waals surface area contributed by atoms with E-state index in [1.54, 1.807) is 36.4 Å². The summed E-state index contributed by atoms with van der Waals surface area (Å²) < 4.78 is 19.7. The van der Waals surface area contributed by atoms with Crippen LogP contribution in [0, 0.1) is 5.82 Å². The van der Waals surface area contributed by atoms with Crippen LogP contribution in [0.25, 0.3) is 0 Å².